The zero-order chi connectivity index (χ0) is 18.9. The average Bonchev–Trinajstić information content (AvgIpc) is 2.69. The van der Waals surface area contributed by atoms with Crippen LogP contribution in [-0.4, -0.2) is 37.1 Å². The van der Waals surface area contributed by atoms with Crippen molar-refractivity contribution in [1.29, 1.82) is 0 Å². The number of nitrogens with one attached hydrogen (secondary N) is 3. The summed E-state index contributed by atoms with van der Waals surface area (Å²) in [5.41, 5.74) is 1.14. The van der Waals surface area contributed by atoms with Crippen LogP contribution in [0.25, 0.3) is 0 Å². The van der Waals surface area contributed by atoms with E-state index in [-0.39, 0.29) is 11.9 Å². The number of nitrogens with zero attached hydrogens (tertiary/aromatic N) is 1. The zero-order valence-electron chi connectivity index (χ0n) is 16.3. The molecule has 1 heterocycles. The van der Waals surface area contributed by atoms with E-state index >= 15 is 0 Å². The molecule has 3 rings (SSSR count). The van der Waals surface area contributed by atoms with E-state index in [1.54, 1.807) is 0 Å². The van der Waals surface area contributed by atoms with Crippen LogP contribution in [0.1, 0.15) is 57.4 Å². The van der Waals surface area contributed by atoms with Crippen LogP contribution in [0.5, 0.6) is 5.75 Å². The van der Waals surface area contributed by atoms with E-state index in [4.69, 9.17) is 9.73 Å². The molecule has 0 spiro atoms. The maximum Gasteiger partial charge on any atom is 0.220 e. The first-order valence-electron chi connectivity index (χ1n) is 10.3. The molecule has 27 heavy (non-hydrogen) atoms. The lowest BCUT2D eigenvalue weighted by Gasteiger charge is -2.25. The maximum atomic E-state index is 11.3. The molecule has 148 valence electrons. The summed E-state index contributed by atoms with van der Waals surface area (Å²) < 4.78 is 6.16. The minimum Gasteiger partial charge on any atom is -0.490 e. The van der Waals surface area contributed by atoms with E-state index < -0.39 is 0 Å². The topological polar surface area (TPSA) is 74.8 Å². The number of benzene rings is 1. The van der Waals surface area contributed by atoms with Gasteiger partial charge >= 0.3 is 0 Å². The lowest BCUT2D eigenvalue weighted by Crippen LogP contribution is -2.51. The third-order valence-corrected chi connectivity index (χ3v) is 5.12. The number of hydrogen-bond acceptors (Lipinski definition) is 3. The van der Waals surface area contributed by atoms with Crippen molar-refractivity contribution in [2.75, 3.05) is 13.1 Å². The van der Waals surface area contributed by atoms with Crippen molar-refractivity contribution in [3.05, 3.63) is 29.8 Å². The van der Waals surface area contributed by atoms with Crippen LogP contribution in [0.15, 0.2) is 29.3 Å². The fraction of sp³-hybridized carbons (Fsp3) is 0.619. The molecule has 1 unspecified atom stereocenters. The molecule has 1 saturated heterocycles. The fourth-order valence-electron chi connectivity index (χ4n) is 3.63. The molecule has 0 radical (unpaired) electrons. The number of rotatable bonds is 6. The van der Waals surface area contributed by atoms with Crippen LogP contribution < -0.4 is 20.7 Å². The quantitative estimate of drug-likeness (QED) is 0.530. The Morgan fingerprint density at radius 2 is 2.11 bits per heavy atom. The first kappa shape index (κ1) is 19.5. The molecule has 0 bridgehead atoms. The van der Waals surface area contributed by atoms with Gasteiger partial charge in [0.1, 0.15) is 5.75 Å². The number of piperidine rings is 1. The molecule has 1 aromatic rings. The summed E-state index contributed by atoms with van der Waals surface area (Å²) in [6.07, 6.45) is 7.96. The molecule has 1 aliphatic carbocycles. The van der Waals surface area contributed by atoms with Gasteiger partial charge in [0.05, 0.1) is 12.6 Å². The van der Waals surface area contributed by atoms with Crippen LogP contribution in [0, 0.1) is 0 Å². The minimum absolute atomic E-state index is 0.129. The average molecular weight is 373 g/mol. The van der Waals surface area contributed by atoms with Crippen molar-refractivity contribution < 1.29 is 9.53 Å². The second kappa shape index (κ2) is 10.2. The Hall–Kier alpha value is -2.24. The van der Waals surface area contributed by atoms with Crippen molar-refractivity contribution in [3.8, 4) is 5.75 Å². The molecule has 1 amide bonds. The zero-order valence-corrected chi connectivity index (χ0v) is 16.3. The molecular formula is C21H32N4O2. The van der Waals surface area contributed by atoms with Crippen LogP contribution in [0.2, 0.25) is 0 Å². The molecule has 1 atom stereocenters. The number of carbonyl (C=O) groups is 1. The Morgan fingerprint density at radius 1 is 1.26 bits per heavy atom. The molecule has 1 aromatic carbocycles. The van der Waals surface area contributed by atoms with Crippen molar-refractivity contribution >= 4 is 11.9 Å². The van der Waals surface area contributed by atoms with Crippen LogP contribution in [0.4, 0.5) is 0 Å². The second-order valence-electron chi connectivity index (χ2n) is 7.40. The third-order valence-electron chi connectivity index (χ3n) is 5.12. The molecule has 1 aliphatic heterocycles. The van der Waals surface area contributed by atoms with Gasteiger partial charge in [-0.3, -0.25) is 4.79 Å². The molecule has 2 fully saturated rings. The molecular weight excluding hydrogens is 340 g/mol. The monoisotopic (exact) mass is 372 g/mol. The number of amides is 1. The van der Waals surface area contributed by atoms with Gasteiger partial charge in [0.15, 0.2) is 5.96 Å². The smallest absolute Gasteiger partial charge is 0.220 e. The van der Waals surface area contributed by atoms with E-state index in [1.165, 1.54) is 19.3 Å². The van der Waals surface area contributed by atoms with Gasteiger partial charge in [0, 0.05) is 25.6 Å². The van der Waals surface area contributed by atoms with Crippen molar-refractivity contribution in [2.24, 2.45) is 4.99 Å². The van der Waals surface area contributed by atoms with E-state index in [1.807, 2.05) is 12.1 Å². The highest BCUT2D eigenvalue weighted by Gasteiger charge is 2.18. The lowest BCUT2D eigenvalue weighted by molar-refractivity contribution is -0.122. The van der Waals surface area contributed by atoms with Crippen molar-refractivity contribution in [1.82, 2.24) is 16.0 Å². The summed E-state index contributed by atoms with van der Waals surface area (Å²) in [5.74, 6) is 1.87. The highest BCUT2D eigenvalue weighted by molar-refractivity contribution is 5.81. The van der Waals surface area contributed by atoms with Gasteiger partial charge in [-0.2, -0.15) is 0 Å². The van der Waals surface area contributed by atoms with Crippen LogP contribution >= 0.6 is 0 Å². The third kappa shape index (κ3) is 6.45. The van der Waals surface area contributed by atoms with E-state index in [9.17, 15) is 4.79 Å². The number of aliphatic imine (C=N–C) groups is 1. The van der Waals surface area contributed by atoms with Crippen molar-refractivity contribution in [3.63, 3.8) is 0 Å². The summed E-state index contributed by atoms with van der Waals surface area (Å²) in [6.45, 7) is 4.10. The normalized spacial score (nSPS) is 21.4. The standard InChI is InChI=1S/C21H32N4O2/c1-2-22-21(25-17-11-12-20(26)23-15-17)24-14-16-7-6-10-19(13-16)27-18-8-4-3-5-9-18/h6-7,10,13,17-18H,2-5,8-9,11-12,14-15H2,1H3,(H,23,26)(H2,22,24,25). The minimum atomic E-state index is 0.129. The molecule has 1 saturated carbocycles. The first-order valence-corrected chi connectivity index (χ1v) is 10.3. The highest BCUT2D eigenvalue weighted by atomic mass is 16.5. The summed E-state index contributed by atoms with van der Waals surface area (Å²) >= 11 is 0. The summed E-state index contributed by atoms with van der Waals surface area (Å²) in [7, 11) is 0. The second-order valence-corrected chi connectivity index (χ2v) is 7.40. The molecule has 6 heteroatoms. The van der Waals surface area contributed by atoms with Gasteiger partial charge in [0.25, 0.3) is 0 Å². The Kier molecular flexibility index (Phi) is 7.36. The Morgan fingerprint density at radius 3 is 2.85 bits per heavy atom. The Labute approximate surface area is 162 Å². The SMILES string of the molecule is CCNC(=NCc1cccc(OC2CCCCC2)c1)NC1CCC(=O)NC1. The summed E-state index contributed by atoms with van der Waals surface area (Å²) in [6, 6.07) is 8.49. The van der Waals surface area contributed by atoms with E-state index in [0.717, 1.165) is 43.1 Å². The first-order chi connectivity index (χ1) is 13.2. The Balaban J connectivity index is 1.56. The van der Waals surface area contributed by atoms with Gasteiger partial charge in [-0.05, 0) is 56.7 Å². The summed E-state index contributed by atoms with van der Waals surface area (Å²) in [4.78, 5) is 16.0. The number of guanidine groups is 1. The predicted molar refractivity (Wildman–Crippen MR) is 108 cm³/mol. The number of carbonyl (C=O) groups excluding carboxylic acids is 1. The van der Waals surface area contributed by atoms with Gasteiger partial charge in [-0.25, -0.2) is 4.99 Å². The van der Waals surface area contributed by atoms with E-state index in [0.29, 0.717) is 25.6 Å². The van der Waals surface area contributed by atoms with Gasteiger partial charge < -0.3 is 20.7 Å². The lowest BCUT2D eigenvalue weighted by atomic mass is 9.98. The number of hydrogen-bond donors (Lipinski definition) is 3. The van der Waals surface area contributed by atoms with Crippen LogP contribution in [0.3, 0.4) is 0 Å². The molecule has 2 aliphatic rings. The predicted octanol–water partition coefficient (Wildman–Crippen LogP) is 2.73. The van der Waals surface area contributed by atoms with Gasteiger partial charge in [0.2, 0.25) is 5.91 Å². The van der Waals surface area contributed by atoms with Gasteiger partial charge in [-0.1, -0.05) is 18.6 Å². The van der Waals surface area contributed by atoms with Crippen LogP contribution in [-0.2, 0) is 11.3 Å². The fourth-order valence-corrected chi connectivity index (χ4v) is 3.63. The summed E-state index contributed by atoms with van der Waals surface area (Å²) in [5, 5.41) is 9.61. The Bertz CT molecular complexity index is 631. The maximum absolute atomic E-state index is 11.3. The largest absolute Gasteiger partial charge is 0.490 e. The molecule has 6 nitrogen and oxygen atoms in total. The number of ether oxygens (including phenoxy) is 1. The van der Waals surface area contributed by atoms with Crippen molar-refractivity contribution in [2.45, 2.75) is 70.6 Å². The highest BCUT2D eigenvalue weighted by Crippen LogP contribution is 2.24. The molecule has 0 aromatic heterocycles. The molecule has 3 N–H and O–H groups in total. The van der Waals surface area contributed by atoms with Gasteiger partial charge in [-0.15, -0.1) is 0 Å². The van der Waals surface area contributed by atoms with E-state index in [2.05, 4.69) is 35.0 Å².